The summed E-state index contributed by atoms with van der Waals surface area (Å²) in [6.45, 7) is 4.60. The number of furan rings is 1. The quantitative estimate of drug-likeness (QED) is 0.198. The van der Waals surface area contributed by atoms with Crippen LogP contribution in [0.3, 0.4) is 0 Å². The van der Waals surface area contributed by atoms with Gasteiger partial charge in [0, 0.05) is 32.9 Å². The summed E-state index contributed by atoms with van der Waals surface area (Å²) in [7, 11) is 0. The number of aromatic nitrogens is 3. The summed E-state index contributed by atoms with van der Waals surface area (Å²) in [4.78, 5) is 15.7. The molecule has 0 bridgehead atoms. The fourth-order valence-electron chi connectivity index (χ4n) is 7.71. The molecule has 0 radical (unpaired) electrons. The van der Waals surface area contributed by atoms with E-state index < -0.39 is 0 Å². The molecule has 48 heavy (non-hydrogen) atoms. The molecule has 2 aromatic heterocycles. The second-order valence-electron chi connectivity index (χ2n) is 13.2. The van der Waals surface area contributed by atoms with Gasteiger partial charge >= 0.3 is 0 Å². The Labute approximate surface area is 277 Å². The molecule has 4 nitrogen and oxygen atoms in total. The first-order valence-electron chi connectivity index (χ1n) is 16.4. The van der Waals surface area contributed by atoms with Gasteiger partial charge in [0.15, 0.2) is 17.5 Å². The zero-order valence-electron chi connectivity index (χ0n) is 26.5. The Bertz CT molecular complexity index is 2770. The Hall–Kier alpha value is -6.13. The molecule has 0 saturated heterocycles. The number of benzene rings is 7. The standard InChI is InChI=1S/C44H29N3O/c1-44(2)35-18-8-7-15-31(35)39-32(16-9-19-36(39)44)42-45-41(30-22-21-26-11-3-4-12-27(26)23-30)46-43(47-42)33-17-10-20-37-40(33)34-24-28-13-5-6-14-29(28)25-38(34)48-37/h3-25H,1-2H3. The highest BCUT2D eigenvalue weighted by Crippen LogP contribution is 2.51. The molecule has 10 rings (SSSR count). The highest BCUT2D eigenvalue weighted by molar-refractivity contribution is 6.15. The zero-order chi connectivity index (χ0) is 32.0. The van der Waals surface area contributed by atoms with E-state index in [1.165, 1.54) is 27.6 Å². The Morgan fingerprint density at radius 1 is 0.458 bits per heavy atom. The first kappa shape index (κ1) is 27.0. The average molecular weight is 616 g/mol. The van der Waals surface area contributed by atoms with Crippen LogP contribution in [0.5, 0.6) is 0 Å². The average Bonchev–Trinajstić information content (AvgIpc) is 3.61. The van der Waals surface area contributed by atoms with Crippen LogP contribution in [0.4, 0.5) is 0 Å². The summed E-state index contributed by atoms with van der Waals surface area (Å²) >= 11 is 0. The topological polar surface area (TPSA) is 51.8 Å². The van der Waals surface area contributed by atoms with Crippen molar-refractivity contribution in [2.24, 2.45) is 0 Å². The van der Waals surface area contributed by atoms with Crippen LogP contribution in [0.1, 0.15) is 25.0 Å². The lowest BCUT2D eigenvalue weighted by Crippen LogP contribution is -2.14. The molecular formula is C44H29N3O. The molecule has 7 aromatic carbocycles. The highest BCUT2D eigenvalue weighted by atomic mass is 16.3. The van der Waals surface area contributed by atoms with E-state index >= 15 is 0 Å². The molecule has 0 fully saturated rings. The van der Waals surface area contributed by atoms with Gasteiger partial charge in [-0.15, -0.1) is 0 Å². The van der Waals surface area contributed by atoms with Crippen LogP contribution < -0.4 is 0 Å². The Morgan fingerprint density at radius 2 is 1.06 bits per heavy atom. The largest absolute Gasteiger partial charge is 0.456 e. The van der Waals surface area contributed by atoms with E-state index in [4.69, 9.17) is 19.4 Å². The van der Waals surface area contributed by atoms with Crippen molar-refractivity contribution in [3.63, 3.8) is 0 Å². The van der Waals surface area contributed by atoms with Crippen molar-refractivity contribution < 1.29 is 4.42 Å². The van der Waals surface area contributed by atoms with Gasteiger partial charge < -0.3 is 4.42 Å². The van der Waals surface area contributed by atoms with E-state index in [-0.39, 0.29) is 5.41 Å². The lowest BCUT2D eigenvalue weighted by Gasteiger charge is -2.21. The lowest BCUT2D eigenvalue weighted by molar-refractivity contribution is 0.660. The molecule has 2 heterocycles. The zero-order valence-corrected chi connectivity index (χ0v) is 26.5. The van der Waals surface area contributed by atoms with E-state index in [9.17, 15) is 0 Å². The maximum atomic E-state index is 6.45. The first-order chi connectivity index (χ1) is 23.5. The molecule has 0 aliphatic heterocycles. The van der Waals surface area contributed by atoms with Crippen LogP contribution in [0.2, 0.25) is 0 Å². The maximum Gasteiger partial charge on any atom is 0.164 e. The number of nitrogens with zero attached hydrogens (tertiary/aromatic N) is 3. The van der Waals surface area contributed by atoms with E-state index in [0.29, 0.717) is 17.5 Å². The van der Waals surface area contributed by atoms with Gasteiger partial charge in [-0.3, -0.25) is 0 Å². The van der Waals surface area contributed by atoms with E-state index in [2.05, 4.69) is 141 Å². The lowest BCUT2D eigenvalue weighted by atomic mass is 9.82. The van der Waals surface area contributed by atoms with Crippen molar-refractivity contribution in [2.45, 2.75) is 19.3 Å². The third kappa shape index (κ3) is 3.93. The van der Waals surface area contributed by atoms with Crippen LogP contribution in [-0.4, -0.2) is 15.0 Å². The summed E-state index contributed by atoms with van der Waals surface area (Å²) in [6.07, 6.45) is 0. The third-order valence-electron chi connectivity index (χ3n) is 10.1. The van der Waals surface area contributed by atoms with Crippen molar-refractivity contribution in [1.29, 1.82) is 0 Å². The second-order valence-corrected chi connectivity index (χ2v) is 13.2. The molecule has 0 atom stereocenters. The summed E-state index contributed by atoms with van der Waals surface area (Å²) < 4.78 is 6.45. The van der Waals surface area contributed by atoms with Crippen LogP contribution >= 0.6 is 0 Å². The summed E-state index contributed by atoms with van der Waals surface area (Å²) in [5.41, 5.74) is 9.42. The monoisotopic (exact) mass is 615 g/mol. The van der Waals surface area contributed by atoms with Crippen molar-refractivity contribution in [3.05, 3.63) is 151 Å². The van der Waals surface area contributed by atoms with Crippen LogP contribution in [0.25, 0.3) is 88.8 Å². The van der Waals surface area contributed by atoms with Crippen LogP contribution in [0, 0.1) is 0 Å². The molecule has 0 N–H and O–H groups in total. The van der Waals surface area contributed by atoms with E-state index in [0.717, 1.165) is 54.8 Å². The Kier molecular flexibility index (Phi) is 5.59. The molecule has 1 aliphatic carbocycles. The van der Waals surface area contributed by atoms with Crippen molar-refractivity contribution in [1.82, 2.24) is 15.0 Å². The van der Waals surface area contributed by atoms with E-state index in [1.807, 2.05) is 12.1 Å². The minimum Gasteiger partial charge on any atom is -0.456 e. The Morgan fingerprint density at radius 3 is 1.90 bits per heavy atom. The minimum atomic E-state index is -0.136. The van der Waals surface area contributed by atoms with Gasteiger partial charge in [-0.05, 0) is 68.1 Å². The van der Waals surface area contributed by atoms with Crippen molar-refractivity contribution in [2.75, 3.05) is 0 Å². The highest BCUT2D eigenvalue weighted by Gasteiger charge is 2.37. The maximum absolute atomic E-state index is 6.45. The molecule has 9 aromatic rings. The van der Waals surface area contributed by atoms with Gasteiger partial charge in [0.2, 0.25) is 0 Å². The predicted octanol–water partition coefficient (Wildman–Crippen LogP) is 11.4. The van der Waals surface area contributed by atoms with Gasteiger partial charge in [-0.1, -0.05) is 129 Å². The number of hydrogen-bond acceptors (Lipinski definition) is 4. The fourth-order valence-corrected chi connectivity index (χ4v) is 7.71. The molecule has 0 spiro atoms. The number of fused-ring (bicyclic) bond motifs is 8. The smallest absolute Gasteiger partial charge is 0.164 e. The molecule has 0 unspecified atom stereocenters. The number of hydrogen-bond donors (Lipinski definition) is 0. The van der Waals surface area contributed by atoms with Crippen LogP contribution in [0.15, 0.2) is 144 Å². The van der Waals surface area contributed by atoms with Crippen molar-refractivity contribution >= 4 is 43.5 Å². The van der Waals surface area contributed by atoms with Gasteiger partial charge in [0.25, 0.3) is 0 Å². The summed E-state index contributed by atoms with van der Waals surface area (Å²) in [5.74, 6) is 1.91. The van der Waals surface area contributed by atoms with Gasteiger partial charge in [-0.2, -0.15) is 0 Å². The predicted molar refractivity (Wildman–Crippen MR) is 196 cm³/mol. The SMILES string of the molecule is CC1(C)c2ccccc2-c2c(-c3nc(-c4ccc5ccccc5c4)nc(-c4cccc5oc6cc7ccccc7cc6c45)n3)cccc21. The molecule has 0 amide bonds. The molecule has 1 aliphatic rings. The number of rotatable bonds is 3. The van der Waals surface area contributed by atoms with Crippen LogP contribution in [-0.2, 0) is 5.41 Å². The fraction of sp³-hybridized carbons (Fsp3) is 0.0682. The molecule has 4 heteroatoms. The second kappa shape index (κ2) is 9.93. The third-order valence-corrected chi connectivity index (χ3v) is 10.1. The molecular weight excluding hydrogens is 587 g/mol. The first-order valence-corrected chi connectivity index (χ1v) is 16.4. The van der Waals surface area contributed by atoms with Crippen molar-refractivity contribution in [3.8, 4) is 45.3 Å². The van der Waals surface area contributed by atoms with Gasteiger partial charge in [-0.25, -0.2) is 15.0 Å². The van der Waals surface area contributed by atoms with E-state index in [1.54, 1.807) is 0 Å². The summed E-state index contributed by atoms with van der Waals surface area (Å²) in [5, 5.41) is 6.68. The Balaban J connectivity index is 1.27. The minimum absolute atomic E-state index is 0.136. The van der Waals surface area contributed by atoms with Gasteiger partial charge in [0.1, 0.15) is 11.2 Å². The normalized spacial score (nSPS) is 13.4. The summed E-state index contributed by atoms with van der Waals surface area (Å²) in [6, 6.07) is 49.0. The molecule has 226 valence electrons. The van der Waals surface area contributed by atoms with Gasteiger partial charge in [0.05, 0.1) is 0 Å². The molecule has 0 saturated carbocycles.